The number of nitrogens with zero attached hydrogens (tertiary/aromatic N) is 3. The van der Waals surface area contributed by atoms with E-state index in [1.54, 1.807) is 18.2 Å². The van der Waals surface area contributed by atoms with Crippen LogP contribution in [0.1, 0.15) is 37.8 Å². The van der Waals surface area contributed by atoms with Crippen molar-refractivity contribution in [3.8, 4) is 17.6 Å². The van der Waals surface area contributed by atoms with Gasteiger partial charge >= 0.3 is 6.09 Å². The Labute approximate surface area is 231 Å². The first kappa shape index (κ1) is 26.7. The molecule has 3 aliphatic rings. The second-order valence-corrected chi connectivity index (χ2v) is 11.1. The summed E-state index contributed by atoms with van der Waals surface area (Å²) >= 11 is 12.8. The number of benzene rings is 1. The van der Waals surface area contributed by atoms with Crippen LogP contribution in [-0.2, 0) is 15.9 Å². The van der Waals surface area contributed by atoms with Crippen molar-refractivity contribution in [3.63, 3.8) is 0 Å². The normalized spacial score (nSPS) is 23.3. The molecule has 2 aromatic rings. The molecule has 2 unspecified atom stereocenters. The molecule has 1 amide bonds. The van der Waals surface area contributed by atoms with E-state index in [0.29, 0.717) is 61.3 Å². The smallest absolute Gasteiger partial charge is 0.410 e. The molecule has 2 aliphatic heterocycles. The Balaban J connectivity index is 1.41. The van der Waals surface area contributed by atoms with Gasteiger partial charge in [0, 0.05) is 36.7 Å². The number of aryl methyl sites for hydroxylation is 1. The summed E-state index contributed by atoms with van der Waals surface area (Å²) in [4.78, 5) is 19.1. The number of methoxy groups -OCH3 is 1. The molecule has 3 heterocycles. The second-order valence-electron chi connectivity index (χ2n) is 10.3. The lowest BCUT2D eigenvalue weighted by molar-refractivity contribution is -0.111. The number of anilines is 2. The van der Waals surface area contributed by atoms with Crippen molar-refractivity contribution in [1.82, 2.24) is 9.88 Å². The number of rotatable bonds is 7. The Bertz CT molecular complexity index is 1240. The fourth-order valence-electron chi connectivity index (χ4n) is 4.98. The average Bonchev–Trinajstić information content (AvgIpc) is 3.61. The number of ether oxygens (including phenoxy) is 4. The molecule has 2 atom stereocenters. The number of amides is 1. The predicted octanol–water partition coefficient (Wildman–Crippen LogP) is 5.59. The van der Waals surface area contributed by atoms with Gasteiger partial charge in [0.05, 0.1) is 47.7 Å². The number of fused-ring (bicyclic) bond motifs is 2. The minimum Gasteiger partial charge on any atom is -0.490 e. The molecule has 2 saturated heterocycles. The summed E-state index contributed by atoms with van der Waals surface area (Å²) in [6, 6.07) is 5.10. The van der Waals surface area contributed by atoms with Crippen LogP contribution in [0.15, 0.2) is 18.3 Å². The molecule has 0 radical (unpaired) electrons. The summed E-state index contributed by atoms with van der Waals surface area (Å²) in [5.41, 5.74) is 1.33. The number of halogens is 2. The van der Waals surface area contributed by atoms with Crippen LogP contribution in [-0.4, -0.2) is 61.1 Å². The van der Waals surface area contributed by atoms with Crippen molar-refractivity contribution >= 4 is 40.8 Å². The molecule has 9 nitrogen and oxygen atoms in total. The van der Waals surface area contributed by atoms with Crippen molar-refractivity contribution in [3.05, 3.63) is 39.5 Å². The minimum atomic E-state index is -0.319. The van der Waals surface area contributed by atoms with Crippen molar-refractivity contribution in [2.75, 3.05) is 38.7 Å². The monoisotopic (exact) mass is 560 g/mol. The zero-order valence-electron chi connectivity index (χ0n) is 21.6. The van der Waals surface area contributed by atoms with E-state index in [9.17, 15) is 10.1 Å². The molecule has 0 spiro atoms. The van der Waals surface area contributed by atoms with Gasteiger partial charge in [-0.05, 0) is 38.3 Å². The highest BCUT2D eigenvalue weighted by molar-refractivity contribution is 6.39. The van der Waals surface area contributed by atoms with Crippen LogP contribution in [0.5, 0.6) is 11.5 Å². The van der Waals surface area contributed by atoms with Gasteiger partial charge in [-0.3, -0.25) is 0 Å². The number of pyridine rings is 1. The molecule has 1 aromatic heterocycles. The van der Waals surface area contributed by atoms with Crippen molar-refractivity contribution in [2.45, 2.75) is 44.8 Å². The topological polar surface area (TPSA) is 106 Å². The molecule has 1 saturated carbocycles. The van der Waals surface area contributed by atoms with E-state index in [4.69, 9.17) is 42.1 Å². The van der Waals surface area contributed by atoms with Gasteiger partial charge in [0.25, 0.3) is 0 Å². The molecule has 11 heteroatoms. The van der Waals surface area contributed by atoms with Gasteiger partial charge in [0.2, 0.25) is 5.75 Å². The fraction of sp³-hybridized carbons (Fsp3) is 0.519. The third-order valence-corrected chi connectivity index (χ3v) is 7.96. The lowest BCUT2D eigenvalue weighted by Gasteiger charge is -2.46. The van der Waals surface area contributed by atoms with Crippen LogP contribution < -0.4 is 14.8 Å². The molecule has 3 fully saturated rings. The summed E-state index contributed by atoms with van der Waals surface area (Å²) in [6.07, 6.45) is 3.78. The lowest BCUT2D eigenvalue weighted by Crippen LogP contribution is -2.59. The minimum absolute atomic E-state index is 0.0246. The van der Waals surface area contributed by atoms with Crippen LogP contribution in [0.4, 0.5) is 16.3 Å². The summed E-state index contributed by atoms with van der Waals surface area (Å²) in [7, 11) is 1.55. The van der Waals surface area contributed by atoms with E-state index < -0.39 is 0 Å². The summed E-state index contributed by atoms with van der Waals surface area (Å²) in [6.45, 7) is 5.94. The maximum Gasteiger partial charge on any atom is 0.410 e. The maximum atomic E-state index is 12.8. The zero-order chi connectivity index (χ0) is 27.0. The van der Waals surface area contributed by atoms with Gasteiger partial charge < -0.3 is 29.2 Å². The number of aromatic nitrogens is 1. The Morgan fingerprint density at radius 2 is 1.89 bits per heavy atom. The van der Waals surface area contributed by atoms with Crippen LogP contribution in [0.2, 0.25) is 10.0 Å². The molecule has 1 aromatic carbocycles. The maximum absolute atomic E-state index is 12.8. The van der Waals surface area contributed by atoms with Crippen molar-refractivity contribution in [2.24, 2.45) is 11.8 Å². The lowest BCUT2D eigenvalue weighted by atomic mass is 9.84. The van der Waals surface area contributed by atoms with E-state index in [-0.39, 0.29) is 39.7 Å². The largest absolute Gasteiger partial charge is 0.490 e. The number of nitriles is 1. The average molecular weight is 561 g/mol. The van der Waals surface area contributed by atoms with E-state index in [1.165, 1.54) is 12.1 Å². The van der Waals surface area contributed by atoms with Crippen molar-refractivity contribution in [1.29, 1.82) is 5.26 Å². The van der Waals surface area contributed by atoms with Crippen LogP contribution in [0.3, 0.4) is 0 Å². The molecule has 202 valence electrons. The van der Waals surface area contributed by atoms with Crippen LogP contribution >= 0.6 is 23.2 Å². The predicted molar refractivity (Wildman–Crippen MR) is 143 cm³/mol. The number of carbonyl (C=O) groups excluding carboxylic acids is 1. The number of hydrogen-bond acceptors (Lipinski definition) is 8. The highest BCUT2D eigenvalue weighted by Gasteiger charge is 2.47. The Hall–Kier alpha value is -2.93. The van der Waals surface area contributed by atoms with Gasteiger partial charge in [0.1, 0.15) is 11.7 Å². The number of hydrogen-bond donors (Lipinski definition) is 1. The first-order chi connectivity index (χ1) is 18.2. The molecule has 38 heavy (non-hydrogen) atoms. The highest BCUT2D eigenvalue weighted by Crippen LogP contribution is 2.44. The highest BCUT2D eigenvalue weighted by atomic mass is 35.5. The van der Waals surface area contributed by atoms with Gasteiger partial charge in [-0.25, -0.2) is 9.78 Å². The molecule has 2 bridgehead atoms. The molecule has 1 N–H and O–H groups in total. The number of carbonyl (C=O) groups is 1. The standard InChI is InChI=1S/C27H30Cl2N4O5/c1-4-16-10-31-25(32-21-19(28)7-15(9-30)8-20(21)29)24(35-3)23(16)37-22-17-11-33(12-18(22)14-36-13-17)26(34)38-27(2)5-6-27/h7-8,10,17-18,22H,4-6,11-14H2,1-3H3,(H,31,32). The van der Waals surface area contributed by atoms with E-state index in [0.717, 1.165) is 18.4 Å². The SMILES string of the molecule is CCc1cnc(Nc2c(Cl)cc(C#N)cc2Cl)c(OC)c1OC1C2COCC1CN(C(=O)OC1(C)CC1)C2. The van der Waals surface area contributed by atoms with Crippen LogP contribution in [0, 0.1) is 23.2 Å². The second kappa shape index (κ2) is 10.7. The van der Waals surface area contributed by atoms with Gasteiger partial charge in [-0.2, -0.15) is 5.26 Å². The van der Waals surface area contributed by atoms with Gasteiger partial charge in [-0.1, -0.05) is 30.1 Å². The Kier molecular flexibility index (Phi) is 7.49. The Morgan fingerprint density at radius 1 is 1.24 bits per heavy atom. The summed E-state index contributed by atoms with van der Waals surface area (Å²) in [5, 5.41) is 12.9. The molecule has 5 rings (SSSR count). The molecular weight excluding hydrogens is 531 g/mol. The summed E-state index contributed by atoms with van der Waals surface area (Å²) in [5.74, 6) is 1.33. The summed E-state index contributed by atoms with van der Waals surface area (Å²) < 4.78 is 24.1. The Morgan fingerprint density at radius 3 is 2.45 bits per heavy atom. The van der Waals surface area contributed by atoms with Gasteiger partial charge in [0.15, 0.2) is 11.6 Å². The quantitative estimate of drug-likeness (QED) is 0.467. The first-order valence-electron chi connectivity index (χ1n) is 12.7. The molecule has 1 aliphatic carbocycles. The van der Waals surface area contributed by atoms with E-state index in [1.807, 2.05) is 19.9 Å². The zero-order valence-corrected chi connectivity index (χ0v) is 23.1. The van der Waals surface area contributed by atoms with Gasteiger partial charge in [-0.15, -0.1) is 0 Å². The first-order valence-corrected chi connectivity index (χ1v) is 13.4. The van der Waals surface area contributed by atoms with E-state index in [2.05, 4.69) is 10.3 Å². The van der Waals surface area contributed by atoms with Crippen molar-refractivity contribution < 1.29 is 23.7 Å². The van der Waals surface area contributed by atoms with E-state index >= 15 is 0 Å². The number of piperidine rings is 1. The number of nitrogens with one attached hydrogen (secondary N) is 1. The third-order valence-electron chi connectivity index (χ3n) is 7.36. The molecular formula is C27H30Cl2N4O5. The fourth-order valence-corrected chi connectivity index (χ4v) is 5.56. The number of likely N-dealkylation sites (tertiary alicyclic amines) is 1. The third kappa shape index (κ3) is 5.31. The van der Waals surface area contributed by atoms with Crippen LogP contribution in [0.25, 0.3) is 0 Å².